The second kappa shape index (κ2) is 4.17. The fourth-order valence-electron chi connectivity index (χ4n) is 0.857. The van der Waals surface area contributed by atoms with Crippen molar-refractivity contribution in [2.45, 2.75) is 4.90 Å². The molecule has 0 N–H and O–H groups in total. The third-order valence-electron chi connectivity index (χ3n) is 1.43. The number of halogens is 2. The highest BCUT2D eigenvalue weighted by molar-refractivity contribution is 7.98. The number of thioether (sulfide) groups is 1. The largest absolute Gasteiger partial charge is 0.302 e. The molecule has 70 valence electrons. The maximum Gasteiger partial charge on any atom is 0.302 e. The van der Waals surface area contributed by atoms with Crippen molar-refractivity contribution >= 4 is 40.7 Å². The van der Waals surface area contributed by atoms with E-state index in [1.54, 1.807) is 18.4 Å². The number of hydrogen-bond donors (Lipinski definition) is 0. The number of hydrogen-bond acceptors (Lipinski definition) is 3. The van der Waals surface area contributed by atoms with Crippen LogP contribution in [-0.2, 0) is 0 Å². The van der Waals surface area contributed by atoms with E-state index in [1.807, 2.05) is 0 Å². The minimum atomic E-state index is -0.528. The molecule has 0 amide bonds. The zero-order valence-corrected chi connectivity index (χ0v) is 8.91. The van der Waals surface area contributed by atoms with E-state index in [0.717, 1.165) is 0 Å². The van der Waals surface area contributed by atoms with Gasteiger partial charge in [-0.15, -0.1) is 11.8 Å². The first kappa shape index (κ1) is 10.6. The molecule has 6 heteroatoms. The SMILES string of the molecule is CSc1ccc(Cl)c(Cl)c1[N+](=O)[O-]. The van der Waals surface area contributed by atoms with Crippen molar-refractivity contribution in [2.75, 3.05) is 6.26 Å². The summed E-state index contributed by atoms with van der Waals surface area (Å²) in [5.74, 6) is 0. The van der Waals surface area contributed by atoms with E-state index in [-0.39, 0.29) is 15.7 Å². The molecule has 0 aliphatic rings. The summed E-state index contributed by atoms with van der Waals surface area (Å²) >= 11 is 12.6. The Morgan fingerprint density at radius 3 is 2.54 bits per heavy atom. The van der Waals surface area contributed by atoms with Crippen molar-refractivity contribution in [3.05, 3.63) is 32.3 Å². The number of rotatable bonds is 2. The van der Waals surface area contributed by atoms with Gasteiger partial charge < -0.3 is 0 Å². The zero-order valence-electron chi connectivity index (χ0n) is 6.58. The van der Waals surface area contributed by atoms with Gasteiger partial charge in [-0.2, -0.15) is 0 Å². The Bertz CT molecular complexity index is 357. The van der Waals surface area contributed by atoms with Crippen LogP contribution in [0.2, 0.25) is 10.0 Å². The van der Waals surface area contributed by atoms with Gasteiger partial charge in [-0.1, -0.05) is 23.2 Å². The van der Waals surface area contributed by atoms with E-state index in [1.165, 1.54) is 11.8 Å². The van der Waals surface area contributed by atoms with Gasteiger partial charge in [-0.05, 0) is 18.4 Å². The van der Waals surface area contributed by atoms with Crippen molar-refractivity contribution in [3.63, 3.8) is 0 Å². The quantitative estimate of drug-likeness (QED) is 0.449. The number of benzene rings is 1. The maximum absolute atomic E-state index is 10.6. The highest BCUT2D eigenvalue weighted by atomic mass is 35.5. The summed E-state index contributed by atoms with van der Waals surface area (Å²) in [4.78, 5) is 10.6. The first-order valence-corrected chi connectivity index (χ1v) is 5.22. The lowest BCUT2D eigenvalue weighted by Crippen LogP contribution is -1.92. The normalized spacial score (nSPS) is 10.1. The first-order valence-electron chi connectivity index (χ1n) is 3.24. The highest BCUT2D eigenvalue weighted by Gasteiger charge is 2.20. The van der Waals surface area contributed by atoms with Gasteiger partial charge in [0.1, 0.15) is 5.02 Å². The fraction of sp³-hybridized carbons (Fsp3) is 0.143. The van der Waals surface area contributed by atoms with Crippen LogP contribution in [-0.4, -0.2) is 11.2 Å². The third-order valence-corrected chi connectivity index (χ3v) is 3.00. The molecule has 3 nitrogen and oxygen atoms in total. The summed E-state index contributed by atoms with van der Waals surface area (Å²) in [7, 11) is 0. The minimum absolute atomic E-state index is 0.00137. The molecule has 0 heterocycles. The van der Waals surface area contributed by atoms with Crippen LogP contribution in [0.25, 0.3) is 0 Å². The van der Waals surface area contributed by atoms with Gasteiger partial charge >= 0.3 is 5.69 Å². The summed E-state index contributed by atoms with van der Waals surface area (Å²) in [6, 6.07) is 3.12. The average Bonchev–Trinajstić information content (AvgIpc) is 2.08. The van der Waals surface area contributed by atoms with Gasteiger partial charge in [0.2, 0.25) is 0 Å². The minimum Gasteiger partial charge on any atom is -0.258 e. The van der Waals surface area contributed by atoms with Crippen molar-refractivity contribution in [1.82, 2.24) is 0 Å². The van der Waals surface area contributed by atoms with Crippen molar-refractivity contribution in [1.29, 1.82) is 0 Å². The molecule has 0 radical (unpaired) electrons. The Kier molecular flexibility index (Phi) is 3.41. The molecule has 0 aliphatic carbocycles. The molecule has 0 spiro atoms. The molecular formula is C7H5Cl2NO2S. The summed E-state index contributed by atoms with van der Waals surface area (Å²) in [5.41, 5.74) is -0.123. The average molecular weight is 238 g/mol. The summed E-state index contributed by atoms with van der Waals surface area (Å²) < 4.78 is 0. The predicted molar refractivity (Wildman–Crippen MR) is 54.9 cm³/mol. The Hall–Kier alpha value is -0.450. The van der Waals surface area contributed by atoms with Crippen molar-refractivity contribution < 1.29 is 4.92 Å². The highest BCUT2D eigenvalue weighted by Crippen LogP contribution is 2.38. The standard InChI is InChI=1S/C7H5Cl2NO2S/c1-13-5-3-2-4(8)6(9)7(5)10(11)12/h2-3H,1H3. The van der Waals surface area contributed by atoms with Crippen LogP contribution < -0.4 is 0 Å². The van der Waals surface area contributed by atoms with Crippen LogP contribution in [0.3, 0.4) is 0 Å². The Morgan fingerprint density at radius 1 is 1.46 bits per heavy atom. The fourth-order valence-corrected chi connectivity index (χ4v) is 1.87. The second-order valence-corrected chi connectivity index (χ2v) is 3.80. The van der Waals surface area contributed by atoms with Crippen LogP contribution in [0.15, 0.2) is 17.0 Å². The van der Waals surface area contributed by atoms with Gasteiger partial charge in [0.25, 0.3) is 0 Å². The van der Waals surface area contributed by atoms with E-state index in [0.29, 0.717) is 4.90 Å². The lowest BCUT2D eigenvalue weighted by Gasteiger charge is -2.01. The molecular weight excluding hydrogens is 233 g/mol. The molecule has 13 heavy (non-hydrogen) atoms. The lowest BCUT2D eigenvalue weighted by atomic mass is 10.3. The van der Waals surface area contributed by atoms with Crippen LogP contribution in [0.4, 0.5) is 5.69 Å². The number of nitro benzene ring substituents is 1. The van der Waals surface area contributed by atoms with Crippen LogP contribution in [0.5, 0.6) is 0 Å². The van der Waals surface area contributed by atoms with Crippen molar-refractivity contribution in [2.24, 2.45) is 0 Å². The zero-order chi connectivity index (χ0) is 10.0. The molecule has 0 atom stereocenters. The lowest BCUT2D eigenvalue weighted by molar-refractivity contribution is -0.387. The predicted octanol–water partition coefficient (Wildman–Crippen LogP) is 3.62. The van der Waals surface area contributed by atoms with Gasteiger partial charge in [-0.25, -0.2) is 0 Å². The molecule has 0 unspecified atom stereocenters. The van der Waals surface area contributed by atoms with Gasteiger partial charge in [0.15, 0.2) is 0 Å². The molecule has 0 bridgehead atoms. The monoisotopic (exact) mass is 237 g/mol. The maximum atomic E-state index is 10.6. The van der Waals surface area contributed by atoms with E-state index < -0.39 is 4.92 Å². The smallest absolute Gasteiger partial charge is 0.258 e. The van der Waals surface area contributed by atoms with Gasteiger partial charge in [-0.3, -0.25) is 10.1 Å². The van der Waals surface area contributed by atoms with E-state index >= 15 is 0 Å². The summed E-state index contributed by atoms with van der Waals surface area (Å²) in [5, 5.41) is 10.8. The summed E-state index contributed by atoms with van der Waals surface area (Å²) in [6.07, 6.45) is 1.74. The number of nitro groups is 1. The van der Waals surface area contributed by atoms with E-state index in [2.05, 4.69) is 0 Å². The van der Waals surface area contributed by atoms with Crippen LogP contribution in [0.1, 0.15) is 0 Å². The van der Waals surface area contributed by atoms with E-state index in [4.69, 9.17) is 23.2 Å². The molecule has 1 aromatic carbocycles. The van der Waals surface area contributed by atoms with E-state index in [9.17, 15) is 10.1 Å². The Balaban J connectivity index is 3.41. The topological polar surface area (TPSA) is 43.1 Å². The summed E-state index contributed by atoms with van der Waals surface area (Å²) in [6.45, 7) is 0. The molecule has 0 saturated heterocycles. The third kappa shape index (κ3) is 2.07. The first-order chi connectivity index (χ1) is 6.07. The molecule has 0 saturated carbocycles. The molecule has 0 aliphatic heterocycles. The second-order valence-electron chi connectivity index (χ2n) is 2.17. The van der Waals surface area contributed by atoms with Crippen LogP contribution >= 0.6 is 35.0 Å². The molecule has 1 aromatic rings. The Morgan fingerprint density at radius 2 is 2.08 bits per heavy atom. The van der Waals surface area contributed by atoms with Gasteiger partial charge in [0, 0.05) is 0 Å². The van der Waals surface area contributed by atoms with Gasteiger partial charge in [0.05, 0.1) is 14.8 Å². The van der Waals surface area contributed by atoms with Crippen LogP contribution in [0, 0.1) is 10.1 Å². The molecule has 1 rings (SSSR count). The van der Waals surface area contributed by atoms with Crippen molar-refractivity contribution in [3.8, 4) is 0 Å². The Labute approximate surface area is 89.2 Å². The molecule has 0 aromatic heterocycles. The number of nitrogens with zero attached hydrogens (tertiary/aromatic N) is 1. The molecule has 0 fully saturated rings.